The lowest BCUT2D eigenvalue weighted by molar-refractivity contribution is 0.640. The molecule has 4 nitrogen and oxygen atoms in total. The third-order valence-electron chi connectivity index (χ3n) is 10.4. The van der Waals surface area contributed by atoms with E-state index >= 15 is 0 Å². The number of benzene rings is 7. The van der Waals surface area contributed by atoms with Crippen molar-refractivity contribution in [3.05, 3.63) is 174 Å². The molecular formula is C47H36N4. The van der Waals surface area contributed by atoms with Gasteiger partial charge in [0.05, 0.1) is 29.0 Å². The largest absolute Gasteiger partial charge is 0.397 e. The zero-order chi connectivity index (χ0) is 34.3. The van der Waals surface area contributed by atoms with Gasteiger partial charge in [0.2, 0.25) is 0 Å². The third kappa shape index (κ3) is 5.59. The van der Waals surface area contributed by atoms with Crippen LogP contribution in [0.4, 0.5) is 11.4 Å². The summed E-state index contributed by atoms with van der Waals surface area (Å²) in [6, 6.07) is 53.6. The van der Waals surface area contributed by atoms with Crippen molar-refractivity contribution in [1.29, 1.82) is 5.26 Å². The monoisotopic (exact) mass is 656 g/mol. The molecule has 0 radical (unpaired) electrons. The van der Waals surface area contributed by atoms with Crippen molar-refractivity contribution in [2.75, 3.05) is 11.1 Å². The highest BCUT2D eigenvalue weighted by molar-refractivity contribution is 6.12. The van der Waals surface area contributed by atoms with E-state index in [0.717, 1.165) is 40.8 Å². The van der Waals surface area contributed by atoms with Crippen LogP contribution < -0.4 is 11.1 Å². The van der Waals surface area contributed by atoms with Crippen molar-refractivity contribution in [2.45, 2.75) is 25.4 Å². The van der Waals surface area contributed by atoms with E-state index in [2.05, 4.69) is 149 Å². The Bertz CT molecular complexity index is 2660. The van der Waals surface area contributed by atoms with Crippen molar-refractivity contribution < 1.29 is 0 Å². The summed E-state index contributed by atoms with van der Waals surface area (Å²) in [6.07, 6.45) is 6.61. The Hall–Kier alpha value is -6.57. The molecular weight excluding hydrogens is 621 g/mol. The highest BCUT2D eigenvalue weighted by Gasteiger charge is 2.21. The number of nitrogens with zero attached hydrogens (tertiary/aromatic N) is 2. The Morgan fingerprint density at radius 3 is 2.24 bits per heavy atom. The molecule has 0 saturated heterocycles. The third-order valence-corrected chi connectivity index (χ3v) is 10.4. The summed E-state index contributed by atoms with van der Waals surface area (Å²) >= 11 is 0. The van der Waals surface area contributed by atoms with E-state index in [1.807, 2.05) is 24.3 Å². The number of anilines is 2. The smallest absolute Gasteiger partial charge is 0.0991 e. The van der Waals surface area contributed by atoms with Gasteiger partial charge in [-0.25, -0.2) is 0 Å². The van der Waals surface area contributed by atoms with Crippen LogP contribution in [0.2, 0.25) is 0 Å². The zero-order valence-corrected chi connectivity index (χ0v) is 28.2. The minimum Gasteiger partial charge on any atom is -0.397 e. The average molecular weight is 657 g/mol. The number of rotatable bonds is 7. The van der Waals surface area contributed by atoms with E-state index in [4.69, 9.17) is 5.73 Å². The first kappa shape index (κ1) is 30.5. The van der Waals surface area contributed by atoms with Gasteiger partial charge in [-0.15, -0.1) is 0 Å². The Morgan fingerprint density at radius 1 is 0.686 bits per heavy atom. The molecule has 1 atom stereocenters. The van der Waals surface area contributed by atoms with E-state index in [0.29, 0.717) is 17.8 Å². The second kappa shape index (κ2) is 12.7. The number of nitrogen functional groups attached to an aromatic ring is 1. The van der Waals surface area contributed by atoms with Crippen LogP contribution in [0.5, 0.6) is 0 Å². The number of nitriles is 1. The van der Waals surface area contributed by atoms with Crippen LogP contribution in [0.1, 0.15) is 34.7 Å². The molecule has 1 aromatic heterocycles. The van der Waals surface area contributed by atoms with E-state index in [9.17, 15) is 5.26 Å². The predicted octanol–water partition coefficient (Wildman–Crippen LogP) is 11.5. The van der Waals surface area contributed by atoms with Crippen LogP contribution in [0, 0.1) is 11.3 Å². The zero-order valence-electron chi connectivity index (χ0n) is 28.2. The van der Waals surface area contributed by atoms with Crippen molar-refractivity contribution in [1.82, 2.24) is 4.57 Å². The van der Waals surface area contributed by atoms with E-state index in [-0.39, 0.29) is 6.04 Å². The molecule has 0 amide bonds. The van der Waals surface area contributed by atoms with Gasteiger partial charge in [0.15, 0.2) is 0 Å². The number of fused-ring (bicyclic) bond motifs is 5. The second-order valence-electron chi connectivity index (χ2n) is 13.5. The molecule has 9 rings (SSSR count). The summed E-state index contributed by atoms with van der Waals surface area (Å²) in [7, 11) is 0. The summed E-state index contributed by atoms with van der Waals surface area (Å²) < 4.78 is 2.45. The molecule has 3 N–H and O–H groups in total. The molecule has 1 heterocycles. The fourth-order valence-corrected chi connectivity index (χ4v) is 7.76. The molecule has 51 heavy (non-hydrogen) atoms. The first-order valence-electron chi connectivity index (χ1n) is 17.6. The minimum atomic E-state index is -0.0903. The van der Waals surface area contributed by atoms with Gasteiger partial charge in [0.1, 0.15) is 0 Å². The van der Waals surface area contributed by atoms with Crippen LogP contribution in [0.3, 0.4) is 0 Å². The fraction of sp³-hybridized carbons (Fsp3) is 0.0851. The Balaban J connectivity index is 1.18. The number of allylic oxidation sites excluding steroid dienone is 1. The van der Waals surface area contributed by atoms with Crippen LogP contribution in [0.15, 0.2) is 152 Å². The van der Waals surface area contributed by atoms with Crippen LogP contribution >= 0.6 is 0 Å². The maximum Gasteiger partial charge on any atom is 0.0991 e. The van der Waals surface area contributed by atoms with Crippen molar-refractivity contribution in [3.8, 4) is 28.3 Å². The molecule has 244 valence electrons. The molecule has 1 aliphatic rings. The number of hydrogen-bond donors (Lipinski definition) is 2. The molecule has 0 fully saturated rings. The van der Waals surface area contributed by atoms with Crippen molar-refractivity contribution >= 4 is 50.0 Å². The van der Waals surface area contributed by atoms with Crippen molar-refractivity contribution in [3.63, 3.8) is 0 Å². The molecule has 0 spiro atoms. The molecule has 7 aromatic carbocycles. The van der Waals surface area contributed by atoms with Gasteiger partial charge in [-0.1, -0.05) is 109 Å². The van der Waals surface area contributed by atoms with Gasteiger partial charge in [-0.05, 0) is 111 Å². The fourth-order valence-electron chi connectivity index (χ4n) is 7.76. The van der Waals surface area contributed by atoms with Crippen LogP contribution in [0.25, 0.3) is 60.9 Å². The van der Waals surface area contributed by atoms with Gasteiger partial charge >= 0.3 is 0 Å². The molecule has 0 aliphatic heterocycles. The number of hydrogen-bond acceptors (Lipinski definition) is 3. The minimum absolute atomic E-state index is 0.0903. The Labute approximate surface area is 297 Å². The number of nitrogens with two attached hydrogens (primary N) is 1. The predicted molar refractivity (Wildman–Crippen MR) is 214 cm³/mol. The summed E-state index contributed by atoms with van der Waals surface area (Å²) in [5.74, 6) is 0. The number of para-hydroxylation sites is 1. The van der Waals surface area contributed by atoms with Gasteiger partial charge in [0.25, 0.3) is 0 Å². The first-order valence-corrected chi connectivity index (χ1v) is 17.6. The number of aryl methyl sites for hydroxylation is 1. The lowest BCUT2D eigenvalue weighted by Gasteiger charge is -2.25. The van der Waals surface area contributed by atoms with Gasteiger partial charge < -0.3 is 15.6 Å². The topological polar surface area (TPSA) is 66.8 Å². The number of aromatic nitrogens is 1. The molecule has 1 aliphatic carbocycles. The van der Waals surface area contributed by atoms with E-state index in [1.165, 1.54) is 49.3 Å². The lowest BCUT2D eigenvalue weighted by atomic mass is 9.89. The molecule has 4 heteroatoms. The summed E-state index contributed by atoms with van der Waals surface area (Å²) in [6.45, 7) is 0.691. The Kier molecular flexibility index (Phi) is 7.60. The standard InChI is InChI=1S/C47H36N4/c48-29-31-18-20-33(21-19-31)41-28-44(43(49)27-40(41)38-23-22-32-10-4-5-13-35(32)24-38)50-45(34-11-2-1-3-12-34)30-51-46-17-9-8-16-39(46)42-25-36-14-6-7-15-37(36)26-47(42)51/h1-3,5-9,11-28,45,50H,4,10,30,49H2. The molecule has 8 aromatic rings. The summed E-state index contributed by atoms with van der Waals surface area (Å²) in [5.41, 5.74) is 19.7. The van der Waals surface area contributed by atoms with Crippen LogP contribution in [-0.2, 0) is 13.0 Å². The summed E-state index contributed by atoms with van der Waals surface area (Å²) in [5, 5.41) is 18.4. The lowest BCUT2D eigenvalue weighted by Crippen LogP contribution is -2.18. The SMILES string of the molecule is N#Cc1ccc(-c2cc(NC(Cn3c4ccccc4c4cc5ccccc5cc43)c3ccccc3)c(N)cc2-c2ccc3c(c2)C=CCC3)cc1. The van der Waals surface area contributed by atoms with E-state index in [1.54, 1.807) is 0 Å². The van der Waals surface area contributed by atoms with Crippen molar-refractivity contribution in [2.24, 2.45) is 0 Å². The molecule has 0 bridgehead atoms. The Morgan fingerprint density at radius 2 is 1.41 bits per heavy atom. The molecule has 0 saturated carbocycles. The highest BCUT2D eigenvalue weighted by Crippen LogP contribution is 2.41. The average Bonchev–Trinajstić information content (AvgIpc) is 3.49. The quantitative estimate of drug-likeness (QED) is 0.168. The summed E-state index contributed by atoms with van der Waals surface area (Å²) in [4.78, 5) is 0. The van der Waals surface area contributed by atoms with E-state index < -0.39 is 0 Å². The van der Waals surface area contributed by atoms with Crippen LogP contribution in [-0.4, -0.2) is 4.57 Å². The highest BCUT2D eigenvalue weighted by atomic mass is 15.0. The normalized spacial score (nSPS) is 12.9. The van der Waals surface area contributed by atoms with Gasteiger partial charge in [-0.2, -0.15) is 5.26 Å². The molecule has 1 unspecified atom stereocenters. The van der Waals surface area contributed by atoms with Gasteiger partial charge in [-0.3, -0.25) is 0 Å². The maximum absolute atomic E-state index is 9.54. The van der Waals surface area contributed by atoms with Gasteiger partial charge in [0, 0.05) is 28.4 Å². The second-order valence-corrected chi connectivity index (χ2v) is 13.5. The number of nitrogens with one attached hydrogen (secondary N) is 1. The first-order chi connectivity index (χ1) is 25.1. The maximum atomic E-state index is 9.54.